The number of nitrogens with two attached hydrogens (primary N) is 1. The molecule has 2 fully saturated rings. The number of piperidine rings is 1. The molecule has 7 nitrogen and oxygen atoms in total. The largest absolute Gasteiger partial charge is 0.414 e. The highest BCUT2D eigenvalue weighted by Gasteiger charge is 2.34. The Labute approximate surface area is 223 Å². The molecule has 1 heterocycles. The van der Waals surface area contributed by atoms with Crippen LogP contribution < -0.4 is 10.5 Å². The van der Waals surface area contributed by atoms with Gasteiger partial charge in [0.25, 0.3) is 0 Å². The number of rotatable bonds is 7. The highest BCUT2D eigenvalue weighted by atomic mass is 35.5. The van der Waals surface area contributed by atoms with E-state index in [1.54, 1.807) is 48.3 Å². The van der Waals surface area contributed by atoms with E-state index in [1.807, 2.05) is 12.1 Å². The fraction of sp³-hybridized carbons (Fsp3) is 0.483. The number of halogens is 1. The first-order valence-corrected chi connectivity index (χ1v) is 13.6. The molecule has 37 heavy (non-hydrogen) atoms. The molecular weight excluding hydrogens is 490 g/mol. The van der Waals surface area contributed by atoms with Gasteiger partial charge in [-0.25, -0.2) is 4.79 Å². The summed E-state index contributed by atoms with van der Waals surface area (Å²) in [4.78, 5) is 41.0. The number of likely N-dealkylation sites (tertiary alicyclic amines) is 1. The number of carbonyl (C=O) groups excluding carboxylic acids is 3. The fourth-order valence-corrected chi connectivity index (χ4v) is 5.62. The van der Waals surface area contributed by atoms with Gasteiger partial charge >= 0.3 is 6.09 Å². The van der Waals surface area contributed by atoms with Crippen molar-refractivity contribution in [2.45, 2.75) is 57.4 Å². The Bertz CT molecular complexity index is 1080. The van der Waals surface area contributed by atoms with Crippen LogP contribution in [0.25, 0.3) is 0 Å². The van der Waals surface area contributed by atoms with Crippen molar-refractivity contribution < 1.29 is 19.1 Å². The van der Waals surface area contributed by atoms with Crippen LogP contribution in [0.4, 0.5) is 4.79 Å². The zero-order chi connectivity index (χ0) is 26.4. The Morgan fingerprint density at radius 3 is 2.30 bits per heavy atom. The predicted molar refractivity (Wildman–Crippen MR) is 143 cm³/mol. The van der Waals surface area contributed by atoms with E-state index in [9.17, 15) is 14.4 Å². The summed E-state index contributed by atoms with van der Waals surface area (Å²) < 4.78 is 5.41. The Morgan fingerprint density at radius 1 is 0.973 bits per heavy atom. The Hall–Kier alpha value is -3.06. The lowest BCUT2D eigenvalue weighted by atomic mass is 9.79. The molecule has 1 saturated heterocycles. The summed E-state index contributed by atoms with van der Waals surface area (Å²) in [6.07, 6.45) is 7.30. The average molecular weight is 526 g/mol. The zero-order valence-corrected chi connectivity index (χ0v) is 22.2. The first kappa shape index (κ1) is 27.0. The molecule has 8 heteroatoms. The quantitative estimate of drug-likeness (QED) is 0.493. The van der Waals surface area contributed by atoms with E-state index >= 15 is 0 Å². The van der Waals surface area contributed by atoms with Crippen molar-refractivity contribution >= 4 is 29.5 Å². The van der Waals surface area contributed by atoms with Gasteiger partial charge in [0.15, 0.2) is 0 Å². The van der Waals surface area contributed by atoms with E-state index in [0.717, 1.165) is 63.5 Å². The summed E-state index contributed by atoms with van der Waals surface area (Å²) >= 11 is 5.88. The second kappa shape index (κ2) is 12.5. The molecule has 0 spiro atoms. The smallest absolute Gasteiger partial charge is 0.410 e. The molecule has 1 saturated carbocycles. The predicted octanol–water partition coefficient (Wildman–Crippen LogP) is 5.82. The summed E-state index contributed by atoms with van der Waals surface area (Å²) in [6.45, 7) is 1.40. The molecule has 1 aliphatic heterocycles. The summed E-state index contributed by atoms with van der Waals surface area (Å²) in [5, 5.41) is 0.594. The Kier molecular flexibility index (Phi) is 9.09. The molecule has 1 unspecified atom stereocenters. The maximum absolute atomic E-state index is 13.5. The third kappa shape index (κ3) is 7.04. The van der Waals surface area contributed by atoms with E-state index in [4.69, 9.17) is 22.1 Å². The van der Waals surface area contributed by atoms with E-state index in [2.05, 4.69) is 4.90 Å². The van der Waals surface area contributed by atoms with Crippen LogP contribution in [-0.2, 0) is 4.79 Å². The van der Waals surface area contributed by atoms with E-state index in [0.29, 0.717) is 28.8 Å². The van der Waals surface area contributed by atoms with Gasteiger partial charge in [-0.15, -0.1) is 0 Å². The van der Waals surface area contributed by atoms with E-state index < -0.39 is 5.91 Å². The van der Waals surface area contributed by atoms with Crippen LogP contribution >= 0.6 is 11.6 Å². The monoisotopic (exact) mass is 525 g/mol. The molecule has 1 aliphatic carbocycles. The molecule has 2 aliphatic rings. The molecule has 0 radical (unpaired) electrons. The number of hydrogen-bond donors (Lipinski definition) is 1. The lowest BCUT2D eigenvalue weighted by Crippen LogP contribution is -2.43. The van der Waals surface area contributed by atoms with Gasteiger partial charge in [0, 0.05) is 36.6 Å². The molecule has 3 amide bonds. The molecule has 198 valence electrons. The molecule has 1 atom stereocenters. The van der Waals surface area contributed by atoms with Gasteiger partial charge in [0.05, 0.1) is 6.04 Å². The van der Waals surface area contributed by atoms with Gasteiger partial charge in [-0.2, -0.15) is 0 Å². The third-order valence-corrected chi connectivity index (χ3v) is 8.02. The minimum atomic E-state index is -0.440. The van der Waals surface area contributed by atoms with Gasteiger partial charge in [-0.05, 0) is 99.2 Å². The normalized spacial score (nSPS) is 21.8. The SMILES string of the molecule is CN(CCC1CCC(C(=O)N2CCCCC2c2ccc(C(N)=O)cc2)CC1)C(=O)Oc1ccc(Cl)cc1. The van der Waals surface area contributed by atoms with Crippen molar-refractivity contribution in [2.75, 3.05) is 20.1 Å². The topological polar surface area (TPSA) is 92.9 Å². The number of nitrogens with zero attached hydrogens (tertiary/aromatic N) is 2. The fourth-order valence-electron chi connectivity index (χ4n) is 5.49. The minimum absolute atomic E-state index is 0.0503. The van der Waals surface area contributed by atoms with Gasteiger partial charge in [0.2, 0.25) is 11.8 Å². The summed E-state index contributed by atoms with van der Waals surface area (Å²) in [6, 6.07) is 14.2. The van der Waals surface area contributed by atoms with Crippen molar-refractivity contribution in [2.24, 2.45) is 17.6 Å². The second-order valence-electron chi connectivity index (χ2n) is 10.3. The van der Waals surface area contributed by atoms with Crippen molar-refractivity contribution in [3.05, 3.63) is 64.7 Å². The zero-order valence-electron chi connectivity index (χ0n) is 21.4. The van der Waals surface area contributed by atoms with E-state index in [1.165, 1.54) is 0 Å². The summed E-state index contributed by atoms with van der Waals surface area (Å²) in [5.74, 6) is 0.832. The standard InChI is InChI=1S/C29H36ClN3O4/c1-32(29(36)37-25-15-13-24(30)14-16-25)19-17-20-5-7-23(8-6-20)28(35)33-18-3-2-4-26(33)21-9-11-22(12-10-21)27(31)34/h9-16,20,23,26H,2-8,17-19H2,1H3,(H2,31,34). The van der Waals surface area contributed by atoms with Gasteiger partial charge in [0.1, 0.15) is 5.75 Å². The Morgan fingerprint density at radius 2 is 1.65 bits per heavy atom. The summed E-state index contributed by atoms with van der Waals surface area (Å²) in [5.41, 5.74) is 6.94. The number of amides is 3. The summed E-state index contributed by atoms with van der Waals surface area (Å²) in [7, 11) is 1.75. The van der Waals surface area contributed by atoms with Crippen molar-refractivity contribution in [3.63, 3.8) is 0 Å². The van der Waals surface area contributed by atoms with Crippen molar-refractivity contribution in [3.8, 4) is 5.75 Å². The van der Waals surface area contributed by atoms with Crippen LogP contribution in [0, 0.1) is 11.8 Å². The maximum Gasteiger partial charge on any atom is 0.414 e. The van der Waals surface area contributed by atoms with Gasteiger partial charge < -0.3 is 20.3 Å². The van der Waals surface area contributed by atoms with Crippen LogP contribution in [0.2, 0.25) is 5.02 Å². The van der Waals surface area contributed by atoms with Gasteiger partial charge in [-0.3, -0.25) is 9.59 Å². The molecule has 2 N–H and O–H groups in total. The average Bonchev–Trinajstić information content (AvgIpc) is 2.93. The first-order chi connectivity index (χ1) is 17.8. The molecule has 0 bridgehead atoms. The van der Waals surface area contributed by atoms with Crippen LogP contribution in [-0.4, -0.2) is 47.8 Å². The molecule has 2 aromatic rings. The highest BCUT2D eigenvalue weighted by molar-refractivity contribution is 6.30. The number of hydrogen-bond acceptors (Lipinski definition) is 4. The van der Waals surface area contributed by atoms with Crippen molar-refractivity contribution in [1.82, 2.24) is 9.80 Å². The third-order valence-electron chi connectivity index (χ3n) is 7.77. The number of benzene rings is 2. The lowest BCUT2D eigenvalue weighted by molar-refractivity contribution is -0.140. The van der Waals surface area contributed by atoms with E-state index in [-0.39, 0.29) is 24.0 Å². The van der Waals surface area contributed by atoms with Crippen LogP contribution in [0.3, 0.4) is 0 Å². The first-order valence-electron chi connectivity index (χ1n) is 13.2. The number of carbonyl (C=O) groups is 3. The molecule has 0 aromatic heterocycles. The molecule has 2 aromatic carbocycles. The van der Waals surface area contributed by atoms with Crippen molar-refractivity contribution in [1.29, 1.82) is 0 Å². The second-order valence-corrected chi connectivity index (χ2v) is 10.7. The Balaban J connectivity index is 1.25. The highest BCUT2D eigenvalue weighted by Crippen LogP contribution is 2.37. The maximum atomic E-state index is 13.5. The molecular formula is C29H36ClN3O4. The van der Waals surface area contributed by atoms with Crippen LogP contribution in [0.1, 0.15) is 73.3 Å². The van der Waals surface area contributed by atoms with Crippen LogP contribution in [0.15, 0.2) is 48.5 Å². The number of ether oxygens (including phenoxy) is 1. The minimum Gasteiger partial charge on any atom is -0.410 e. The van der Waals surface area contributed by atoms with Crippen LogP contribution in [0.5, 0.6) is 5.75 Å². The van der Waals surface area contributed by atoms with Gasteiger partial charge in [-0.1, -0.05) is 23.7 Å². The lowest BCUT2D eigenvalue weighted by Gasteiger charge is -2.40. The molecule has 4 rings (SSSR count). The number of primary amides is 1.